The number of rotatable bonds is 3. The summed E-state index contributed by atoms with van der Waals surface area (Å²) in [6, 6.07) is 2.84. The van der Waals surface area contributed by atoms with Crippen molar-refractivity contribution in [2.45, 2.75) is 51.5 Å². The SMILES string of the molecule is CC#CCC(NC)c1cc2c(s1)CCCCC2. The normalized spacial score (nSPS) is 16.6. The van der Waals surface area contributed by atoms with E-state index in [9.17, 15) is 0 Å². The van der Waals surface area contributed by atoms with Gasteiger partial charge in [-0.2, -0.15) is 0 Å². The first-order chi connectivity index (χ1) is 8.35. The molecule has 0 aromatic carbocycles. The summed E-state index contributed by atoms with van der Waals surface area (Å²) in [4.78, 5) is 3.10. The van der Waals surface area contributed by atoms with Crippen molar-refractivity contribution in [1.82, 2.24) is 5.32 Å². The van der Waals surface area contributed by atoms with E-state index in [2.05, 4.69) is 23.2 Å². The number of hydrogen-bond acceptors (Lipinski definition) is 2. The van der Waals surface area contributed by atoms with E-state index in [-0.39, 0.29) is 0 Å². The van der Waals surface area contributed by atoms with Crippen molar-refractivity contribution in [1.29, 1.82) is 0 Å². The fraction of sp³-hybridized carbons (Fsp3) is 0.600. The zero-order valence-electron chi connectivity index (χ0n) is 10.8. The molecule has 1 N–H and O–H groups in total. The first-order valence-electron chi connectivity index (χ1n) is 6.53. The van der Waals surface area contributed by atoms with Gasteiger partial charge in [0.25, 0.3) is 0 Å². The highest BCUT2D eigenvalue weighted by atomic mass is 32.1. The van der Waals surface area contributed by atoms with Crippen LogP contribution in [0.25, 0.3) is 0 Å². The number of nitrogens with one attached hydrogen (secondary N) is 1. The molecule has 2 rings (SSSR count). The Bertz CT molecular complexity index is 398. The van der Waals surface area contributed by atoms with Crippen LogP contribution in [0, 0.1) is 11.8 Å². The van der Waals surface area contributed by atoms with E-state index in [4.69, 9.17) is 0 Å². The van der Waals surface area contributed by atoms with Crippen LogP contribution in [0.5, 0.6) is 0 Å². The molecule has 2 heteroatoms. The third-order valence-corrected chi connectivity index (χ3v) is 4.79. The monoisotopic (exact) mass is 247 g/mol. The highest BCUT2D eigenvalue weighted by Crippen LogP contribution is 2.33. The summed E-state index contributed by atoms with van der Waals surface area (Å²) in [5.74, 6) is 6.17. The van der Waals surface area contributed by atoms with Crippen molar-refractivity contribution in [3.63, 3.8) is 0 Å². The Hall–Kier alpha value is -0.780. The summed E-state index contributed by atoms with van der Waals surface area (Å²) in [6.07, 6.45) is 7.62. The molecule has 0 radical (unpaired) electrons. The van der Waals surface area contributed by atoms with Gasteiger partial charge in [0.05, 0.1) is 6.04 Å². The molecule has 1 nitrogen and oxygen atoms in total. The van der Waals surface area contributed by atoms with Crippen molar-refractivity contribution in [3.8, 4) is 11.8 Å². The molecule has 17 heavy (non-hydrogen) atoms. The lowest BCUT2D eigenvalue weighted by Gasteiger charge is -2.10. The van der Waals surface area contributed by atoms with Crippen molar-refractivity contribution < 1.29 is 0 Å². The molecule has 1 atom stereocenters. The van der Waals surface area contributed by atoms with Gasteiger partial charge in [0, 0.05) is 16.2 Å². The Morgan fingerprint density at radius 3 is 2.94 bits per heavy atom. The molecule has 1 aliphatic carbocycles. The Kier molecular flexibility index (Phi) is 4.65. The van der Waals surface area contributed by atoms with Gasteiger partial charge in [-0.3, -0.25) is 0 Å². The summed E-state index contributed by atoms with van der Waals surface area (Å²) in [6.45, 7) is 1.91. The summed E-state index contributed by atoms with van der Waals surface area (Å²) in [5.41, 5.74) is 1.60. The summed E-state index contributed by atoms with van der Waals surface area (Å²) in [5, 5.41) is 3.39. The maximum atomic E-state index is 3.39. The second kappa shape index (κ2) is 6.23. The van der Waals surface area contributed by atoms with Gasteiger partial charge in [0.15, 0.2) is 0 Å². The minimum absolute atomic E-state index is 0.416. The minimum Gasteiger partial charge on any atom is -0.312 e. The van der Waals surface area contributed by atoms with Crippen LogP contribution in [0.4, 0.5) is 0 Å². The Balaban J connectivity index is 2.16. The number of fused-ring (bicyclic) bond motifs is 1. The molecule has 0 fully saturated rings. The number of thiophene rings is 1. The van der Waals surface area contributed by atoms with Gasteiger partial charge in [0.2, 0.25) is 0 Å². The molecule has 0 saturated heterocycles. The zero-order chi connectivity index (χ0) is 12.1. The van der Waals surface area contributed by atoms with Gasteiger partial charge in [-0.1, -0.05) is 6.42 Å². The lowest BCUT2D eigenvalue weighted by atomic mass is 10.1. The lowest BCUT2D eigenvalue weighted by molar-refractivity contribution is 0.621. The topological polar surface area (TPSA) is 12.0 Å². The second-order valence-electron chi connectivity index (χ2n) is 4.63. The zero-order valence-corrected chi connectivity index (χ0v) is 11.6. The Morgan fingerprint density at radius 1 is 1.35 bits per heavy atom. The van der Waals surface area contributed by atoms with Crippen LogP contribution < -0.4 is 5.32 Å². The van der Waals surface area contributed by atoms with Crippen LogP contribution in [0.3, 0.4) is 0 Å². The largest absolute Gasteiger partial charge is 0.312 e. The van der Waals surface area contributed by atoms with E-state index in [1.54, 1.807) is 10.4 Å². The first kappa shape index (κ1) is 12.7. The average molecular weight is 247 g/mol. The third-order valence-electron chi connectivity index (χ3n) is 3.44. The van der Waals surface area contributed by atoms with Crippen LogP contribution in [0.2, 0.25) is 0 Å². The highest BCUT2D eigenvalue weighted by molar-refractivity contribution is 7.12. The molecule has 92 valence electrons. The van der Waals surface area contributed by atoms with Crippen molar-refractivity contribution in [2.24, 2.45) is 0 Å². The van der Waals surface area contributed by atoms with E-state index in [1.807, 2.05) is 25.3 Å². The Morgan fingerprint density at radius 2 is 2.18 bits per heavy atom. The van der Waals surface area contributed by atoms with Crippen LogP contribution in [-0.2, 0) is 12.8 Å². The molecular formula is C15H21NS. The van der Waals surface area contributed by atoms with Gasteiger partial charge >= 0.3 is 0 Å². The molecule has 1 aromatic rings. The van der Waals surface area contributed by atoms with Crippen LogP contribution in [0.15, 0.2) is 6.07 Å². The standard InChI is InChI=1S/C15H21NS/c1-3-4-9-13(16-2)15-11-12-8-6-5-7-10-14(12)17-15/h11,13,16H,5-10H2,1-2H3. The average Bonchev–Trinajstić information content (AvgIpc) is 2.61. The van der Waals surface area contributed by atoms with Crippen LogP contribution in [0.1, 0.15) is 54.0 Å². The Labute approximate surface area is 109 Å². The smallest absolute Gasteiger partial charge is 0.0523 e. The van der Waals surface area contributed by atoms with Gasteiger partial charge in [-0.05, 0) is 51.3 Å². The van der Waals surface area contributed by atoms with E-state index in [1.165, 1.54) is 37.0 Å². The lowest BCUT2D eigenvalue weighted by Crippen LogP contribution is -2.14. The van der Waals surface area contributed by atoms with Gasteiger partial charge < -0.3 is 5.32 Å². The predicted octanol–water partition coefficient (Wildman–Crippen LogP) is 3.69. The van der Waals surface area contributed by atoms with E-state index < -0.39 is 0 Å². The molecule has 1 unspecified atom stereocenters. The van der Waals surface area contributed by atoms with Gasteiger partial charge in [-0.15, -0.1) is 23.2 Å². The van der Waals surface area contributed by atoms with Gasteiger partial charge in [-0.25, -0.2) is 0 Å². The first-order valence-corrected chi connectivity index (χ1v) is 7.35. The maximum absolute atomic E-state index is 3.39. The van der Waals surface area contributed by atoms with E-state index >= 15 is 0 Å². The second-order valence-corrected chi connectivity index (χ2v) is 5.80. The quantitative estimate of drug-likeness (QED) is 0.634. The molecule has 0 saturated carbocycles. The highest BCUT2D eigenvalue weighted by Gasteiger charge is 2.16. The van der Waals surface area contributed by atoms with E-state index in [0.29, 0.717) is 6.04 Å². The summed E-state index contributed by atoms with van der Waals surface area (Å²) < 4.78 is 0. The molecule has 0 spiro atoms. The van der Waals surface area contributed by atoms with Crippen molar-refractivity contribution in [3.05, 3.63) is 21.4 Å². The van der Waals surface area contributed by atoms with Crippen molar-refractivity contribution in [2.75, 3.05) is 7.05 Å². The molecule has 0 aliphatic heterocycles. The summed E-state index contributed by atoms with van der Waals surface area (Å²) in [7, 11) is 2.03. The number of hydrogen-bond donors (Lipinski definition) is 1. The predicted molar refractivity (Wildman–Crippen MR) is 75.4 cm³/mol. The number of aryl methyl sites for hydroxylation is 2. The molecular weight excluding hydrogens is 226 g/mol. The van der Waals surface area contributed by atoms with E-state index in [0.717, 1.165) is 6.42 Å². The van der Waals surface area contributed by atoms with Crippen molar-refractivity contribution >= 4 is 11.3 Å². The van der Waals surface area contributed by atoms with Crippen LogP contribution >= 0.6 is 11.3 Å². The fourth-order valence-corrected chi connectivity index (χ4v) is 3.78. The molecule has 1 aliphatic rings. The van der Waals surface area contributed by atoms with Gasteiger partial charge in [0.1, 0.15) is 0 Å². The third kappa shape index (κ3) is 3.12. The molecule has 1 heterocycles. The molecule has 0 amide bonds. The molecule has 0 bridgehead atoms. The minimum atomic E-state index is 0.416. The molecule has 1 aromatic heterocycles. The summed E-state index contributed by atoms with van der Waals surface area (Å²) >= 11 is 2.00. The maximum Gasteiger partial charge on any atom is 0.0523 e. The fourth-order valence-electron chi connectivity index (χ4n) is 2.41. The van der Waals surface area contributed by atoms with Crippen LogP contribution in [-0.4, -0.2) is 7.05 Å².